The normalized spacial score (nSPS) is 15.5. The number of phenols is 1. The van der Waals surface area contributed by atoms with Gasteiger partial charge in [0.1, 0.15) is 5.57 Å². The smallest absolute Gasteiger partial charge is 0.282 e. The van der Waals surface area contributed by atoms with Crippen molar-refractivity contribution in [3.05, 3.63) is 56.1 Å². The van der Waals surface area contributed by atoms with Gasteiger partial charge < -0.3 is 9.84 Å². The number of nitrogens with one attached hydrogen (secondary N) is 1. The Balaban J connectivity index is 1.97. The molecule has 6 nitrogen and oxygen atoms in total. The van der Waals surface area contributed by atoms with Gasteiger partial charge in [0.05, 0.1) is 15.9 Å². The molecule has 0 spiro atoms. The highest BCUT2D eigenvalue weighted by Crippen LogP contribution is 2.34. The number of phenolic OH excluding ortho intramolecular Hbond substituents is 1. The van der Waals surface area contributed by atoms with Crippen LogP contribution in [0.2, 0.25) is 5.02 Å². The molecule has 1 aliphatic heterocycles. The fourth-order valence-electron chi connectivity index (χ4n) is 2.46. The summed E-state index contributed by atoms with van der Waals surface area (Å²) in [5, 5.41) is 11.6. The molecule has 0 bridgehead atoms. The second-order valence-electron chi connectivity index (χ2n) is 5.40. The van der Waals surface area contributed by atoms with Crippen LogP contribution in [0, 0.1) is 3.57 Å². The van der Waals surface area contributed by atoms with E-state index in [4.69, 9.17) is 16.3 Å². The topological polar surface area (TPSA) is 78.9 Å². The molecular formula is C18H14ClIN2O4. The van der Waals surface area contributed by atoms with Crippen LogP contribution in [0.3, 0.4) is 0 Å². The van der Waals surface area contributed by atoms with Crippen LogP contribution in [-0.2, 0) is 9.59 Å². The lowest BCUT2D eigenvalue weighted by molar-refractivity contribution is -0.117. The van der Waals surface area contributed by atoms with E-state index in [2.05, 4.69) is 5.43 Å². The number of nitrogens with zero attached hydrogens (tertiary/aromatic N) is 1. The summed E-state index contributed by atoms with van der Waals surface area (Å²) >= 11 is 7.91. The third kappa shape index (κ3) is 3.63. The number of rotatable bonds is 4. The molecule has 2 amide bonds. The first kappa shape index (κ1) is 18.5. The molecule has 0 atom stereocenters. The zero-order valence-electron chi connectivity index (χ0n) is 13.6. The number of hydrogen-bond donors (Lipinski definition) is 2. The highest BCUT2D eigenvalue weighted by Gasteiger charge is 2.34. The van der Waals surface area contributed by atoms with Crippen molar-refractivity contribution in [2.45, 2.75) is 6.92 Å². The Hall–Kier alpha value is -2.26. The summed E-state index contributed by atoms with van der Waals surface area (Å²) < 4.78 is 5.94. The van der Waals surface area contributed by atoms with Crippen LogP contribution in [0.15, 0.2) is 42.0 Å². The molecule has 2 aromatic carbocycles. The average Bonchev–Trinajstić information content (AvgIpc) is 2.87. The summed E-state index contributed by atoms with van der Waals surface area (Å²) in [6, 6.07) is 9.86. The molecule has 0 unspecified atom stereocenters. The van der Waals surface area contributed by atoms with Crippen LogP contribution < -0.4 is 15.2 Å². The highest BCUT2D eigenvalue weighted by atomic mass is 127. The minimum absolute atomic E-state index is 0.0195. The van der Waals surface area contributed by atoms with E-state index in [1.54, 1.807) is 43.3 Å². The molecule has 0 radical (unpaired) electrons. The van der Waals surface area contributed by atoms with E-state index in [0.717, 1.165) is 5.01 Å². The fourth-order valence-corrected chi connectivity index (χ4v) is 3.27. The minimum atomic E-state index is -0.518. The molecule has 26 heavy (non-hydrogen) atoms. The van der Waals surface area contributed by atoms with Gasteiger partial charge >= 0.3 is 0 Å². The number of carbonyl (C=O) groups excluding carboxylic acids is 2. The predicted octanol–water partition coefficient (Wildman–Crippen LogP) is 3.51. The number of carbonyl (C=O) groups is 2. The number of amides is 2. The first-order chi connectivity index (χ1) is 12.4. The second kappa shape index (κ2) is 7.55. The van der Waals surface area contributed by atoms with E-state index in [0.29, 0.717) is 32.2 Å². The maximum absolute atomic E-state index is 12.6. The number of anilines is 1. The Labute approximate surface area is 168 Å². The van der Waals surface area contributed by atoms with Crippen molar-refractivity contribution in [3.63, 3.8) is 0 Å². The predicted molar refractivity (Wildman–Crippen MR) is 107 cm³/mol. The quantitative estimate of drug-likeness (QED) is 0.396. The Morgan fingerprint density at radius 3 is 2.77 bits per heavy atom. The third-order valence-electron chi connectivity index (χ3n) is 3.62. The van der Waals surface area contributed by atoms with Gasteiger partial charge in [-0.05, 0) is 71.5 Å². The van der Waals surface area contributed by atoms with E-state index in [9.17, 15) is 14.7 Å². The summed E-state index contributed by atoms with van der Waals surface area (Å²) in [6.45, 7) is 2.18. The van der Waals surface area contributed by atoms with E-state index >= 15 is 0 Å². The van der Waals surface area contributed by atoms with Crippen LogP contribution in [0.5, 0.6) is 11.5 Å². The number of ether oxygens (including phenoxy) is 1. The van der Waals surface area contributed by atoms with Gasteiger partial charge in [-0.1, -0.05) is 17.7 Å². The molecule has 2 N–H and O–H groups in total. The maximum Gasteiger partial charge on any atom is 0.282 e. The Kier molecular flexibility index (Phi) is 5.38. The summed E-state index contributed by atoms with van der Waals surface area (Å²) in [5.41, 5.74) is 3.54. The average molecular weight is 485 g/mol. The SMILES string of the molecule is CCOc1cc(C=C2C(=O)NN(c3cccc(Cl)c3)C2=O)cc(I)c1O. The van der Waals surface area contributed by atoms with Crippen molar-refractivity contribution in [1.29, 1.82) is 0 Å². The van der Waals surface area contributed by atoms with E-state index in [1.165, 1.54) is 6.08 Å². The van der Waals surface area contributed by atoms with Gasteiger partial charge in [-0.15, -0.1) is 0 Å². The number of aromatic hydroxyl groups is 1. The number of halogens is 2. The Morgan fingerprint density at radius 2 is 2.08 bits per heavy atom. The van der Waals surface area contributed by atoms with Crippen LogP contribution >= 0.6 is 34.2 Å². The monoisotopic (exact) mass is 484 g/mol. The van der Waals surface area contributed by atoms with Crippen LogP contribution in [-0.4, -0.2) is 23.5 Å². The molecule has 0 saturated carbocycles. The highest BCUT2D eigenvalue weighted by molar-refractivity contribution is 14.1. The molecule has 1 fully saturated rings. The maximum atomic E-state index is 12.6. The van der Waals surface area contributed by atoms with E-state index in [1.807, 2.05) is 22.6 Å². The fraction of sp³-hybridized carbons (Fsp3) is 0.111. The van der Waals surface area contributed by atoms with Gasteiger partial charge in [0.25, 0.3) is 11.8 Å². The number of hydrazine groups is 1. The summed E-state index contributed by atoms with van der Waals surface area (Å²) in [5.74, 6) is -0.685. The van der Waals surface area contributed by atoms with Crippen molar-refractivity contribution in [2.75, 3.05) is 11.6 Å². The lowest BCUT2D eigenvalue weighted by atomic mass is 10.1. The van der Waals surface area contributed by atoms with Gasteiger partial charge in [-0.25, -0.2) is 5.01 Å². The second-order valence-corrected chi connectivity index (χ2v) is 7.00. The van der Waals surface area contributed by atoms with Crippen LogP contribution in [0.1, 0.15) is 12.5 Å². The lowest BCUT2D eigenvalue weighted by Crippen LogP contribution is -2.35. The molecular weight excluding hydrogens is 471 g/mol. The summed E-state index contributed by atoms with van der Waals surface area (Å²) in [7, 11) is 0. The van der Waals surface area contributed by atoms with Crippen molar-refractivity contribution < 1.29 is 19.4 Å². The molecule has 1 heterocycles. The Morgan fingerprint density at radius 1 is 1.31 bits per heavy atom. The van der Waals surface area contributed by atoms with Gasteiger partial charge in [0.15, 0.2) is 11.5 Å². The van der Waals surface area contributed by atoms with Gasteiger partial charge in [-0.3, -0.25) is 15.0 Å². The van der Waals surface area contributed by atoms with E-state index < -0.39 is 11.8 Å². The van der Waals surface area contributed by atoms with Crippen molar-refractivity contribution >= 4 is 57.8 Å². The molecule has 8 heteroatoms. The van der Waals surface area contributed by atoms with Gasteiger partial charge in [-0.2, -0.15) is 0 Å². The van der Waals surface area contributed by atoms with Gasteiger partial charge in [0, 0.05) is 5.02 Å². The van der Waals surface area contributed by atoms with Crippen LogP contribution in [0.25, 0.3) is 6.08 Å². The van der Waals surface area contributed by atoms with E-state index in [-0.39, 0.29) is 11.3 Å². The first-order valence-electron chi connectivity index (χ1n) is 7.68. The standard InChI is InChI=1S/C18H14ClIN2O4/c1-2-26-15-8-10(7-14(20)16(15)23)6-13-17(24)21-22(18(13)25)12-5-3-4-11(19)9-12/h3-9,23H,2H2,1H3,(H,21,24). The zero-order valence-corrected chi connectivity index (χ0v) is 16.5. The molecule has 0 aliphatic carbocycles. The minimum Gasteiger partial charge on any atom is -0.504 e. The lowest BCUT2D eigenvalue weighted by Gasteiger charge is -2.14. The third-order valence-corrected chi connectivity index (χ3v) is 4.68. The largest absolute Gasteiger partial charge is 0.504 e. The molecule has 1 aliphatic rings. The molecule has 1 saturated heterocycles. The zero-order chi connectivity index (χ0) is 18.8. The summed E-state index contributed by atoms with van der Waals surface area (Å²) in [6.07, 6.45) is 1.46. The van der Waals surface area contributed by atoms with Crippen molar-refractivity contribution in [3.8, 4) is 11.5 Å². The van der Waals surface area contributed by atoms with Crippen molar-refractivity contribution in [1.82, 2.24) is 5.43 Å². The van der Waals surface area contributed by atoms with Gasteiger partial charge in [0.2, 0.25) is 0 Å². The van der Waals surface area contributed by atoms with Crippen LogP contribution in [0.4, 0.5) is 5.69 Å². The molecule has 2 aromatic rings. The molecule has 0 aromatic heterocycles. The molecule has 134 valence electrons. The number of hydrogen-bond acceptors (Lipinski definition) is 4. The summed E-state index contributed by atoms with van der Waals surface area (Å²) in [4.78, 5) is 24.9. The first-order valence-corrected chi connectivity index (χ1v) is 9.14. The number of benzene rings is 2. The Bertz CT molecular complexity index is 929. The molecule has 3 rings (SSSR count). The van der Waals surface area contributed by atoms with Crippen molar-refractivity contribution in [2.24, 2.45) is 0 Å².